The topological polar surface area (TPSA) is 63.5 Å². The minimum Gasteiger partial charge on any atom is -0.373 e. The standard InChI is InChI=1S/C19H25N5O.HI/c1-20-19(23-17-9-16-7-8-18(17)25-16)21-10-15-11-22-24(13-15)12-14-5-3-2-4-6-14;/h2-6,11,13,16-18H,7-10,12H2,1H3,(H2,20,21,23);1H. The van der Waals surface area contributed by atoms with Crippen LogP contribution in [-0.4, -0.2) is 41.0 Å². The molecule has 2 aliphatic rings. The number of aromatic nitrogens is 2. The third kappa shape index (κ3) is 4.56. The molecule has 2 aliphatic heterocycles. The second-order valence-corrected chi connectivity index (χ2v) is 6.82. The Kier molecular flexibility index (Phi) is 6.53. The first kappa shape index (κ1) is 19.2. The molecule has 26 heavy (non-hydrogen) atoms. The van der Waals surface area contributed by atoms with Crippen molar-refractivity contribution < 1.29 is 4.74 Å². The monoisotopic (exact) mass is 467 g/mol. The van der Waals surface area contributed by atoms with Gasteiger partial charge >= 0.3 is 0 Å². The maximum atomic E-state index is 5.89. The van der Waals surface area contributed by atoms with Gasteiger partial charge in [-0.25, -0.2) is 0 Å². The normalized spacial score (nSPS) is 24.3. The van der Waals surface area contributed by atoms with Crippen molar-refractivity contribution in [2.75, 3.05) is 7.05 Å². The summed E-state index contributed by atoms with van der Waals surface area (Å²) in [6.45, 7) is 1.49. The van der Waals surface area contributed by atoms with Crippen LogP contribution < -0.4 is 10.6 Å². The molecule has 6 nitrogen and oxygen atoms in total. The minimum absolute atomic E-state index is 0. The number of hydrogen-bond acceptors (Lipinski definition) is 3. The molecule has 0 amide bonds. The van der Waals surface area contributed by atoms with E-state index in [0.717, 1.165) is 30.9 Å². The average molecular weight is 467 g/mol. The fraction of sp³-hybridized carbons (Fsp3) is 0.474. The molecule has 3 unspecified atom stereocenters. The molecule has 1 aromatic carbocycles. The summed E-state index contributed by atoms with van der Waals surface area (Å²) in [5.41, 5.74) is 2.39. The number of ether oxygens (including phenoxy) is 1. The van der Waals surface area contributed by atoms with Gasteiger partial charge in [-0.15, -0.1) is 24.0 Å². The Hall–Kier alpha value is -1.61. The molecule has 1 aromatic heterocycles. The molecule has 2 fully saturated rings. The SMILES string of the molecule is CN=C(NCc1cnn(Cc2ccccc2)c1)NC1CC2CCC1O2.I. The largest absolute Gasteiger partial charge is 0.373 e. The maximum Gasteiger partial charge on any atom is 0.191 e. The summed E-state index contributed by atoms with van der Waals surface area (Å²) in [6, 6.07) is 10.7. The van der Waals surface area contributed by atoms with Crippen molar-refractivity contribution in [3.05, 3.63) is 53.9 Å². The van der Waals surface area contributed by atoms with E-state index in [1.54, 1.807) is 0 Å². The summed E-state index contributed by atoms with van der Waals surface area (Å²) < 4.78 is 7.86. The Balaban J connectivity index is 0.00000196. The van der Waals surface area contributed by atoms with E-state index in [4.69, 9.17) is 4.74 Å². The molecule has 7 heteroatoms. The van der Waals surface area contributed by atoms with Crippen molar-refractivity contribution >= 4 is 29.9 Å². The lowest BCUT2D eigenvalue weighted by Gasteiger charge is -2.22. The summed E-state index contributed by atoms with van der Waals surface area (Å²) in [6.07, 6.45) is 8.22. The van der Waals surface area contributed by atoms with E-state index in [2.05, 4.69) is 51.2 Å². The zero-order valence-electron chi connectivity index (χ0n) is 15.0. The van der Waals surface area contributed by atoms with Gasteiger partial charge in [0.15, 0.2) is 5.96 Å². The number of fused-ring (bicyclic) bond motifs is 2. The van der Waals surface area contributed by atoms with Gasteiger partial charge in [-0.3, -0.25) is 9.67 Å². The molecule has 140 valence electrons. The number of nitrogens with zero attached hydrogens (tertiary/aromatic N) is 3. The predicted molar refractivity (Wildman–Crippen MR) is 113 cm³/mol. The number of nitrogens with one attached hydrogen (secondary N) is 2. The Morgan fingerprint density at radius 1 is 1.27 bits per heavy atom. The molecule has 3 heterocycles. The van der Waals surface area contributed by atoms with Crippen LogP contribution in [0.1, 0.15) is 30.4 Å². The Bertz CT molecular complexity index is 733. The molecule has 2 N–H and O–H groups in total. The van der Waals surface area contributed by atoms with E-state index >= 15 is 0 Å². The first-order valence-corrected chi connectivity index (χ1v) is 8.98. The number of hydrogen-bond donors (Lipinski definition) is 2. The average Bonchev–Trinajstić information content (AvgIpc) is 3.36. The Morgan fingerprint density at radius 3 is 2.81 bits per heavy atom. The zero-order valence-corrected chi connectivity index (χ0v) is 17.3. The van der Waals surface area contributed by atoms with E-state index in [-0.39, 0.29) is 24.0 Å². The van der Waals surface area contributed by atoms with Crippen LogP contribution in [0.2, 0.25) is 0 Å². The number of benzene rings is 1. The van der Waals surface area contributed by atoms with Crippen LogP contribution >= 0.6 is 24.0 Å². The van der Waals surface area contributed by atoms with E-state index in [1.165, 1.54) is 12.0 Å². The van der Waals surface area contributed by atoms with E-state index in [9.17, 15) is 0 Å². The maximum absolute atomic E-state index is 5.89. The molecule has 4 rings (SSSR count). The van der Waals surface area contributed by atoms with Crippen molar-refractivity contribution in [2.45, 2.75) is 50.6 Å². The first-order chi connectivity index (χ1) is 12.3. The number of rotatable bonds is 5. The summed E-state index contributed by atoms with van der Waals surface area (Å²) >= 11 is 0. The van der Waals surface area contributed by atoms with Crippen LogP contribution in [0.3, 0.4) is 0 Å². The van der Waals surface area contributed by atoms with Crippen molar-refractivity contribution in [2.24, 2.45) is 4.99 Å². The lowest BCUT2D eigenvalue weighted by molar-refractivity contribution is 0.0992. The lowest BCUT2D eigenvalue weighted by atomic mass is 9.96. The van der Waals surface area contributed by atoms with Gasteiger partial charge in [-0.2, -0.15) is 5.10 Å². The van der Waals surface area contributed by atoms with Gasteiger partial charge in [0.1, 0.15) is 0 Å². The molecule has 2 bridgehead atoms. The van der Waals surface area contributed by atoms with Crippen molar-refractivity contribution in [3.63, 3.8) is 0 Å². The van der Waals surface area contributed by atoms with Crippen molar-refractivity contribution in [3.8, 4) is 0 Å². The molecular weight excluding hydrogens is 441 g/mol. The smallest absolute Gasteiger partial charge is 0.191 e. The van der Waals surface area contributed by atoms with Gasteiger partial charge in [0.05, 0.1) is 31.0 Å². The van der Waals surface area contributed by atoms with Gasteiger partial charge in [0.25, 0.3) is 0 Å². The highest BCUT2D eigenvalue weighted by Gasteiger charge is 2.41. The highest BCUT2D eigenvalue weighted by atomic mass is 127. The second-order valence-electron chi connectivity index (χ2n) is 6.82. The second kappa shape index (κ2) is 8.85. The summed E-state index contributed by atoms with van der Waals surface area (Å²) in [4.78, 5) is 4.34. The van der Waals surface area contributed by atoms with Crippen LogP contribution in [0.4, 0.5) is 0 Å². The number of halogens is 1. The van der Waals surface area contributed by atoms with Gasteiger partial charge in [-0.1, -0.05) is 30.3 Å². The van der Waals surface area contributed by atoms with Crippen LogP contribution in [0.25, 0.3) is 0 Å². The lowest BCUT2D eigenvalue weighted by Crippen LogP contribution is -2.47. The molecule has 0 radical (unpaired) electrons. The molecule has 2 aromatic rings. The first-order valence-electron chi connectivity index (χ1n) is 8.98. The van der Waals surface area contributed by atoms with Crippen molar-refractivity contribution in [1.82, 2.24) is 20.4 Å². The predicted octanol–water partition coefficient (Wildman–Crippen LogP) is 2.53. The van der Waals surface area contributed by atoms with E-state index in [1.807, 2.05) is 24.0 Å². The summed E-state index contributed by atoms with van der Waals surface area (Å²) in [7, 11) is 1.81. The highest BCUT2D eigenvalue weighted by Crippen LogP contribution is 2.34. The third-order valence-electron chi connectivity index (χ3n) is 4.99. The number of guanidine groups is 1. The molecule has 0 aliphatic carbocycles. The van der Waals surface area contributed by atoms with Crippen LogP contribution in [0, 0.1) is 0 Å². The molecule has 2 saturated heterocycles. The highest BCUT2D eigenvalue weighted by molar-refractivity contribution is 14.0. The Labute approximate surface area is 171 Å². The zero-order chi connectivity index (χ0) is 17.1. The summed E-state index contributed by atoms with van der Waals surface area (Å²) in [5, 5.41) is 11.3. The van der Waals surface area contributed by atoms with Gasteiger partial charge in [0, 0.05) is 25.4 Å². The molecule has 0 spiro atoms. The van der Waals surface area contributed by atoms with Crippen LogP contribution in [0.15, 0.2) is 47.7 Å². The van der Waals surface area contributed by atoms with Gasteiger partial charge in [-0.05, 0) is 24.8 Å². The van der Waals surface area contributed by atoms with E-state index < -0.39 is 0 Å². The Morgan fingerprint density at radius 2 is 2.12 bits per heavy atom. The quantitative estimate of drug-likeness (QED) is 0.403. The molecule has 3 atom stereocenters. The van der Waals surface area contributed by atoms with E-state index in [0.29, 0.717) is 24.8 Å². The fourth-order valence-electron chi connectivity index (χ4n) is 3.70. The number of aliphatic imine (C=N–C) groups is 1. The third-order valence-corrected chi connectivity index (χ3v) is 4.99. The molecule has 0 saturated carbocycles. The van der Waals surface area contributed by atoms with Crippen LogP contribution in [-0.2, 0) is 17.8 Å². The van der Waals surface area contributed by atoms with Gasteiger partial charge in [0.2, 0.25) is 0 Å². The molecular formula is C19H26IN5O. The van der Waals surface area contributed by atoms with Crippen LogP contribution in [0.5, 0.6) is 0 Å². The van der Waals surface area contributed by atoms with Crippen molar-refractivity contribution in [1.29, 1.82) is 0 Å². The summed E-state index contributed by atoms with van der Waals surface area (Å²) in [5.74, 6) is 0.831. The van der Waals surface area contributed by atoms with Gasteiger partial charge < -0.3 is 15.4 Å². The minimum atomic E-state index is 0. The fourth-order valence-corrected chi connectivity index (χ4v) is 3.70.